The fourth-order valence-corrected chi connectivity index (χ4v) is 4.41. The number of nitrogens with zero attached hydrogens (tertiary/aromatic N) is 4. The quantitative estimate of drug-likeness (QED) is 0.367. The molecule has 10 heteroatoms. The van der Waals surface area contributed by atoms with Gasteiger partial charge in [0.05, 0.1) is 12.1 Å². The van der Waals surface area contributed by atoms with Gasteiger partial charge in [-0.1, -0.05) is 35.0 Å². The van der Waals surface area contributed by atoms with E-state index in [9.17, 15) is 9.59 Å². The van der Waals surface area contributed by atoms with Crippen molar-refractivity contribution in [3.05, 3.63) is 75.9 Å². The van der Waals surface area contributed by atoms with Crippen molar-refractivity contribution in [2.24, 2.45) is 0 Å². The molecule has 2 amide bonds. The molecule has 1 N–H and O–H groups in total. The summed E-state index contributed by atoms with van der Waals surface area (Å²) in [4.78, 5) is 29.2. The molecule has 4 aromatic rings. The Bertz CT molecular complexity index is 1230. The lowest BCUT2D eigenvalue weighted by molar-refractivity contribution is -0.127. The van der Waals surface area contributed by atoms with Gasteiger partial charge in [0.15, 0.2) is 0 Å². The number of anilines is 1. The highest BCUT2D eigenvalue weighted by molar-refractivity contribution is 7.10. The molecule has 0 saturated carbocycles. The first kappa shape index (κ1) is 22.9. The van der Waals surface area contributed by atoms with Crippen LogP contribution in [-0.4, -0.2) is 47.1 Å². The van der Waals surface area contributed by atoms with Gasteiger partial charge >= 0.3 is 0 Å². The highest BCUT2D eigenvalue weighted by atomic mass is 35.5. The Labute approximate surface area is 199 Å². The minimum absolute atomic E-state index is 0.0869. The fraction of sp³-hybridized carbons (Fsp3) is 0.217. The highest BCUT2D eigenvalue weighted by Gasteiger charge is 2.33. The number of fused-ring (bicyclic) bond motifs is 1. The van der Waals surface area contributed by atoms with Crippen LogP contribution in [0.15, 0.2) is 66.0 Å². The molecule has 0 spiro atoms. The molecule has 8 nitrogen and oxygen atoms in total. The molecule has 2 aromatic heterocycles. The number of nitrogens with one attached hydrogen (secondary N) is 1. The summed E-state index contributed by atoms with van der Waals surface area (Å²) in [6.45, 7) is 0.604. The zero-order chi connectivity index (χ0) is 23.2. The zero-order valence-electron chi connectivity index (χ0n) is 17.8. The number of thiophene rings is 1. The monoisotopic (exact) mass is 483 g/mol. The fourth-order valence-electron chi connectivity index (χ4n) is 3.47. The summed E-state index contributed by atoms with van der Waals surface area (Å²) in [6.07, 6.45) is 0. The topological polar surface area (TPSA) is 89.4 Å². The third kappa shape index (κ3) is 5.22. The van der Waals surface area contributed by atoms with Gasteiger partial charge in [0, 0.05) is 29.2 Å². The molecule has 170 valence electrons. The summed E-state index contributed by atoms with van der Waals surface area (Å²) < 4.78 is 6.59. The summed E-state index contributed by atoms with van der Waals surface area (Å²) in [5.41, 5.74) is 1.98. The maximum atomic E-state index is 13.7. The number of benzene rings is 2. The standard InChI is InChI=1S/C23H22ClN5O3S/c1-32-13-12-25-23(31)22(20-7-4-14-33-20)29(17-10-8-16(24)9-11-17)21(30)15-28-19-6-3-2-5-18(19)26-27-28/h2-11,14,22H,12-13,15H2,1H3,(H,25,31)/t22-/m1/s1. The second kappa shape index (κ2) is 10.6. The SMILES string of the molecule is COCCNC(=O)[C@@H](c1cccs1)N(C(=O)Cn1nnc2ccccc21)c1ccc(Cl)cc1. The van der Waals surface area contributed by atoms with Crippen LogP contribution in [0.2, 0.25) is 5.02 Å². The third-order valence-electron chi connectivity index (χ3n) is 5.00. The van der Waals surface area contributed by atoms with Crippen molar-refractivity contribution in [1.82, 2.24) is 20.3 Å². The molecule has 0 aliphatic rings. The van der Waals surface area contributed by atoms with Gasteiger partial charge in [-0.3, -0.25) is 14.5 Å². The van der Waals surface area contributed by atoms with Crippen LogP contribution in [0, 0.1) is 0 Å². The minimum Gasteiger partial charge on any atom is -0.383 e. The third-order valence-corrected chi connectivity index (χ3v) is 6.18. The first-order chi connectivity index (χ1) is 16.1. The molecule has 2 aromatic carbocycles. The summed E-state index contributed by atoms with van der Waals surface area (Å²) in [7, 11) is 1.56. The van der Waals surface area contributed by atoms with E-state index in [1.54, 1.807) is 31.4 Å². The largest absolute Gasteiger partial charge is 0.383 e. The first-order valence-corrected chi connectivity index (χ1v) is 11.5. The molecule has 0 bridgehead atoms. The number of ether oxygens (including phenoxy) is 1. The Balaban J connectivity index is 1.73. The molecule has 33 heavy (non-hydrogen) atoms. The second-order valence-electron chi connectivity index (χ2n) is 7.18. The predicted molar refractivity (Wildman–Crippen MR) is 128 cm³/mol. The smallest absolute Gasteiger partial charge is 0.249 e. The van der Waals surface area contributed by atoms with Crippen LogP contribution in [0.25, 0.3) is 11.0 Å². The van der Waals surface area contributed by atoms with Crippen molar-refractivity contribution >= 4 is 51.5 Å². The number of methoxy groups -OCH3 is 1. The van der Waals surface area contributed by atoms with Crippen LogP contribution in [0.5, 0.6) is 0 Å². The minimum atomic E-state index is -0.870. The summed E-state index contributed by atoms with van der Waals surface area (Å²) in [6, 6.07) is 17.1. The molecular formula is C23H22ClN5O3S. The molecule has 2 heterocycles. The van der Waals surface area contributed by atoms with E-state index >= 15 is 0 Å². The van der Waals surface area contributed by atoms with Gasteiger partial charge in [0.2, 0.25) is 11.8 Å². The molecular weight excluding hydrogens is 462 g/mol. The number of aromatic nitrogens is 3. The molecule has 0 fully saturated rings. The number of halogens is 1. The van der Waals surface area contributed by atoms with Crippen molar-refractivity contribution in [3.8, 4) is 0 Å². The molecule has 4 rings (SSSR count). The van der Waals surface area contributed by atoms with Gasteiger partial charge in [-0.05, 0) is 47.8 Å². The van der Waals surface area contributed by atoms with Crippen molar-refractivity contribution in [3.63, 3.8) is 0 Å². The number of para-hydroxylation sites is 1. The number of rotatable bonds is 9. The maximum absolute atomic E-state index is 13.7. The average Bonchev–Trinajstić information content (AvgIpc) is 3.49. The van der Waals surface area contributed by atoms with Gasteiger partial charge in [-0.15, -0.1) is 16.4 Å². The number of carbonyl (C=O) groups excluding carboxylic acids is 2. The van der Waals surface area contributed by atoms with Gasteiger partial charge in [-0.25, -0.2) is 4.68 Å². The highest BCUT2D eigenvalue weighted by Crippen LogP contribution is 2.32. The van der Waals surface area contributed by atoms with Gasteiger partial charge < -0.3 is 10.1 Å². The van der Waals surface area contributed by atoms with E-state index in [1.165, 1.54) is 20.9 Å². The van der Waals surface area contributed by atoms with E-state index in [0.29, 0.717) is 29.4 Å². The summed E-state index contributed by atoms with van der Waals surface area (Å²) in [5.74, 6) is -0.616. The molecule has 0 aliphatic heterocycles. The Kier molecular flexibility index (Phi) is 7.33. The predicted octanol–water partition coefficient (Wildman–Crippen LogP) is 3.68. The zero-order valence-corrected chi connectivity index (χ0v) is 19.4. The van der Waals surface area contributed by atoms with Crippen LogP contribution in [0.3, 0.4) is 0 Å². The summed E-state index contributed by atoms with van der Waals surface area (Å²) in [5, 5.41) is 13.5. The van der Waals surface area contributed by atoms with Crippen LogP contribution in [-0.2, 0) is 20.9 Å². The first-order valence-electron chi connectivity index (χ1n) is 10.2. The van der Waals surface area contributed by atoms with E-state index < -0.39 is 6.04 Å². The van der Waals surface area contributed by atoms with Crippen LogP contribution in [0.4, 0.5) is 5.69 Å². The van der Waals surface area contributed by atoms with Crippen LogP contribution >= 0.6 is 22.9 Å². The molecule has 0 saturated heterocycles. The van der Waals surface area contributed by atoms with Crippen molar-refractivity contribution in [1.29, 1.82) is 0 Å². The van der Waals surface area contributed by atoms with Crippen molar-refractivity contribution < 1.29 is 14.3 Å². The Hall–Kier alpha value is -3.27. The van der Waals surface area contributed by atoms with E-state index in [2.05, 4.69) is 15.6 Å². The second-order valence-corrected chi connectivity index (χ2v) is 8.59. The Morgan fingerprint density at radius 2 is 1.94 bits per heavy atom. The molecule has 1 atom stereocenters. The van der Waals surface area contributed by atoms with E-state index in [1.807, 2.05) is 41.8 Å². The molecule has 0 radical (unpaired) electrons. The number of hydrogen-bond donors (Lipinski definition) is 1. The Morgan fingerprint density at radius 1 is 1.15 bits per heavy atom. The normalized spacial score (nSPS) is 11.9. The molecule has 0 unspecified atom stereocenters. The number of hydrogen-bond acceptors (Lipinski definition) is 6. The van der Waals surface area contributed by atoms with Crippen LogP contribution in [0.1, 0.15) is 10.9 Å². The summed E-state index contributed by atoms with van der Waals surface area (Å²) >= 11 is 7.49. The lowest BCUT2D eigenvalue weighted by atomic mass is 10.1. The maximum Gasteiger partial charge on any atom is 0.249 e. The number of carbonyl (C=O) groups is 2. The van der Waals surface area contributed by atoms with Crippen LogP contribution < -0.4 is 10.2 Å². The van der Waals surface area contributed by atoms with E-state index in [0.717, 1.165) is 10.4 Å². The van der Waals surface area contributed by atoms with Gasteiger partial charge in [0.25, 0.3) is 0 Å². The lowest BCUT2D eigenvalue weighted by Crippen LogP contribution is -2.45. The average molecular weight is 484 g/mol. The van der Waals surface area contributed by atoms with E-state index in [-0.39, 0.29) is 18.4 Å². The number of amides is 2. The van der Waals surface area contributed by atoms with E-state index in [4.69, 9.17) is 16.3 Å². The Morgan fingerprint density at radius 3 is 2.67 bits per heavy atom. The van der Waals surface area contributed by atoms with Crippen molar-refractivity contribution in [2.45, 2.75) is 12.6 Å². The van der Waals surface area contributed by atoms with Gasteiger partial charge in [0.1, 0.15) is 18.1 Å². The van der Waals surface area contributed by atoms with Crippen molar-refractivity contribution in [2.75, 3.05) is 25.2 Å². The van der Waals surface area contributed by atoms with Gasteiger partial charge in [-0.2, -0.15) is 0 Å². The molecule has 0 aliphatic carbocycles. The lowest BCUT2D eigenvalue weighted by Gasteiger charge is -2.30.